The van der Waals surface area contributed by atoms with E-state index < -0.39 is 5.79 Å². The van der Waals surface area contributed by atoms with Gasteiger partial charge in [-0.05, 0) is 37.1 Å². The molecular weight excluding hydrogens is 375 g/mol. The standard InChI is InChI=1S/C20H31FN6O2/c21-16-7-5-15(6-8-16)18-25-19(24-17-3-1-2-4-17)27-20(23,26-18)9-11-28-13-14-29-12-10-22/h5-8,17H,1-4,9-14,22-23H2,(H2,24,25,26,27). The summed E-state index contributed by atoms with van der Waals surface area (Å²) in [4.78, 5) is 9.42. The van der Waals surface area contributed by atoms with Crippen LogP contribution in [-0.4, -0.2) is 56.6 Å². The first kappa shape index (κ1) is 21.6. The van der Waals surface area contributed by atoms with E-state index in [0.29, 0.717) is 51.2 Å². The van der Waals surface area contributed by atoms with Gasteiger partial charge in [-0.2, -0.15) is 0 Å². The van der Waals surface area contributed by atoms with E-state index in [9.17, 15) is 4.39 Å². The second-order valence-corrected chi connectivity index (χ2v) is 7.32. The van der Waals surface area contributed by atoms with Crippen LogP contribution < -0.4 is 22.1 Å². The fourth-order valence-corrected chi connectivity index (χ4v) is 3.38. The molecule has 0 amide bonds. The lowest BCUT2D eigenvalue weighted by molar-refractivity contribution is 0.0430. The van der Waals surface area contributed by atoms with Crippen molar-refractivity contribution < 1.29 is 13.9 Å². The summed E-state index contributed by atoms with van der Waals surface area (Å²) in [6.07, 6.45) is 4.96. The molecule has 2 aliphatic rings. The topological polar surface area (TPSA) is 119 Å². The van der Waals surface area contributed by atoms with Crippen LogP contribution in [-0.2, 0) is 9.47 Å². The molecule has 1 aromatic rings. The third-order valence-electron chi connectivity index (χ3n) is 4.90. The summed E-state index contributed by atoms with van der Waals surface area (Å²) in [5, 5.41) is 6.42. The zero-order chi connectivity index (χ0) is 20.5. The Hall–Kier alpha value is -2.07. The quantitative estimate of drug-likeness (QED) is 0.432. The van der Waals surface area contributed by atoms with Crippen LogP contribution >= 0.6 is 0 Å². The van der Waals surface area contributed by atoms with Gasteiger partial charge in [-0.25, -0.2) is 14.4 Å². The van der Waals surface area contributed by atoms with Gasteiger partial charge >= 0.3 is 0 Å². The van der Waals surface area contributed by atoms with Crippen LogP contribution in [0.5, 0.6) is 0 Å². The summed E-state index contributed by atoms with van der Waals surface area (Å²) in [6.45, 7) is 2.37. The fourth-order valence-electron chi connectivity index (χ4n) is 3.38. The summed E-state index contributed by atoms with van der Waals surface area (Å²) in [6, 6.07) is 6.42. The van der Waals surface area contributed by atoms with Crippen molar-refractivity contribution in [3.05, 3.63) is 35.6 Å². The Balaban J connectivity index is 1.67. The largest absolute Gasteiger partial charge is 0.379 e. The predicted molar refractivity (Wildman–Crippen MR) is 111 cm³/mol. The first-order chi connectivity index (χ1) is 14.1. The predicted octanol–water partition coefficient (Wildman–Crippen LogP) is 1.06. The van der Waals surface area contributed by atoms with Crippen LogP contribution in [0.15, 0.2) is 34.3 Å². The Morgan fingerprint density at radius 3 is 2.48 bits per heavy atom. The number of hydrogen-bond acceptors (Lipinski definition) is 6. The number of halogens is 1. The summed E-state index contributed by atoms with van der Waals surface area (Å²) in [5.74, 6) is -0.202. The first-order valence-electron chi connectivity index (χ1n) is 10.2. The van der Waals surface area contributed by atoms with Gasteiger partial charge in [0.1, 0.15) is 11.7 Å². The third kappa shape index (κ3) is 6.74. The van der Waals surface area contributed by atoms with Crippen LogP contribution in [0.1, 0.15) is 37.7 Å². The van der Waals surface area contributed by atoms with Crippen LogP contribution in [0.3, 0.4) is 0 Å². The highest BCUT2D eigenvalue weighted by atomic mass is 19.1. The Labute approximate surface area is 170 Å². The van der Waals surface area contributed by atoms with Gasteiger partial charge in [0, 0.05) is 18.5 Å². The van der Waals surface area contributed by atoms with E-state index in [4.69, 9.17) is 25.9 Å². The second-order valence-electron chi connectivity index (χ2n) is 7.32. The lowest BCUT2D eigenvalue weighted by Crippen LogP contribution is -2.64. The molecule has 1 aliphatic heterocycles. The van der Waals surface area contributed by atoms with E-state index in [-0.39, 0.29) is 11.9 Å². The van der Waals surface area contributed by atoms with E-state index in [1.54, 1.807) is 12.1 Å². The minimum atomic E-state index is -1.06. The molecule has 8 nitrogen and oxygen atoms in total. The van der Waals surface area contributed by atoms with Gasteiger partial charge in [0.15, 0.2) is 11.7 Å². The van der Waals surface area contributed by atoms with E-state index in [0.717, 1.165) is 18.4 Å². The molecule has 6 N–H and O–H groups in total. The molecule has 3 rings (SSSR count). The minimum absolute atomic E-state index is 0.276. The summed E-state index contributed by atoms with van der Waals surface area (Å²) in [5.41, 5.74) is 12.7. The smallest absolute Gasteiger partial charge is 0.200 e. The molecule has 1 fully saturated rings. The Bertz CT molecular complexity index is 705. The van der Waals surface area contributed by atoms with Crippen molar-refractivity contribution >= 4 is 11.8 Å². The van der Waals surface area contributed by atoms with Gasteiger partial charge in [0.2, 0.25) is 0 Å². The molecule has 0 radical (unpaired) electrons. The normalized spacial score (nSPS) is 23.7. The van der Waals surface area contributed by atoms with Crippen LogP contribution in [0, 0.1) is 5.82 Å². The molecule has 1 heterocycles. The highest BCUT2D eigenvalue weighted by Gasteiger charge is 2.31. The number of ether oxygens (including phenoxy) is 2. The third-order valence-corrected chi connectivity index (χ3v) is 4.90. The monoisotopic (exact) mass is 406 g/mol. The van der Waals surface area contributed by atoms with E-state index in [1.807, 2.05) is 0 Å². The van der Waals surface area contributed by atoms with Gasteiger partial charge in [0.05, 0.1) is 32.5 Å². The molecule has 1 unspecified atom stereocenters. The molecule has 29 heavy (non-hydrogen) atoms. The molecule has 0 aromatic heterocycles. The van der Waals surface area contributed by atoms with E-state index in [2.05, 4.69) is 15.6 Å². The molecule has 1 aliphatic carbocycles. The van der Waals surface area contributed by atoms with Gasteiger partial charge < -0.3 is 25.8 Å². The Morgan fingerprint density at radius 1 is 1.10 bits per heavy atom. The van der Waals surface area contributed by atoms with Gasteiger partial charge in [0.25, 0.3) is 0 Å². The van der Waals surface area contributed by atoms with E-state index >= 15 is 0 Å². The molecule has 9 heteroatoms. The fraction of sp³-hybridized carbons (Fsp3) is 0.600. The second kappa shape index (κ2) is 10.6. The molecule has 1 saturated carbocycles. The maximum absolute atomic E-state index is 13.3. The maximum atomic E-state index is 13.3. The Kier molecular flexibility index (Phi) is 7.93. The number of aliphatic imine (C=N–C) groups is 2. The average Bonchev–Trinajstić information content (AvgIpc) is 3.20. The van der Waals surface area contributed by atoms with Crippen molar-refractivity contribution in [2.45, 2.75) is 43.9 Å². The first-order valence-corrected chi connectivity index (χ1v) is 10.2. The maximum Gasteiger partial charge on any atom is 0.200 e. The number of hydrogen-bond donors (Lipinski definition) is 4. The van der Waals surface area contributed by atoms with Crippen molar-refractivity contribution in [1.82, 2.24) is 10.6 Å². The Morgan fingerprint density at radius 2 is 1.79 bits per heavy atom. The average molecular weight is 407 g/mol. The lowest BCUT2D eigenvalue weighted by Gasteiger charge is -2.34. The van der Waals surface area contributed by atoms with Crippen molar-refractivity contribution in [1.29, 1.82) is 0 Å². The number of nitrogens with one attached hydrogen (secondary N) is 2. The van der Waals surface area contributed by atoms with Crippen molar-refractivity contribution in [3.63, 3.8) is 0 Å². The SMILES string of the molecule is NCCOCCOCCC1(N)N=C(c2ccc(F)cc2)NC(=NC2CCCC2)N1. The van der Waals surface area contributed by atoms with E-state index in [1.165, 1.54) is 25.0 Å². The number of nitrogens with two attached hydrogens (primary N) is 2. The van der Waals surface area contributed by atoms with Crippen molar-refractivity contribution in [3.8, 4) is 0 Å². The number of guanidine groups is 1. The molecule has 1 aromatic carbocycles. The van der Waals surface area contributed by atoms with Crippen molar-refractivity contribution in [2.75, 3.05) is 33.0 Å². The van der Waals surface area contributed by atoms with Crippen molar-refractivity contribution in [2.24, 2.45) is 21.5 Å². The van der Waals surface area contributed by atoms with Gasteiger partial charge in [-0.15, -0.1) is 0 Å². The minimum Gasteiger partial charge on any atom is -0.379 e. The number of nitrogens with zero attached hydrogens (tertiary/aromatic N) is 2. The summed E-state index contributed by atoms with van der Waals surface area (Å²) < 4.78 is 24.2. The number of benzene rings is 1. The van der Waals surface area contributed by atoms with Crippen LogP contribution in [0.25, 0.3) is 0 Å². The number of amidine groups is 1. The molecule has 160 valence electrons. The van der Waals surface area contributed by atoms with Gasteiger partial charge in [-0.3, -0.25) is 5.73 Å². The van der Waals surface area contributed by atoms with Crippen LogP contribution in [0.4, 0.5) is 4.39 Å². The lowest BCUT2D eigenvalue weighted by atomic mass is 10.1. The molecule has 0 bridgehead atoms. The zero-order valence-electron chi connectivity index (χ0n) is 16.7. The highest BCUT2D eigenvalue weighted by Crippen LogP contribution is 2.21. The summed E-state index contributed by atoms with van der Waals surface area (Å²) in [7, 11) is 0. The number of rotatable bonds is 10. The summed E-state index contributed by atoms with van der Waals surface area (Å²) >= 11 is 0. The molecule has 0 spiro atoms. The van der Waals surface area contributed by atoms with Gasteiger partial charge in [-0.1, -0.05) is 12.8 Å². The molecule has 0 saturated heterocycles. The van der Waals surface area contributed by atoms with Crippen LogP contribution in [0.2, 0.25) is 0 Å². The zero-order valence-corrected chi connectivity index (χ0v) is 16.7. The molecule has 1 atom stereocenters. The highest BCUT2D eigenvalue weighted by molar-refractivity contribution is 6.10. The molecular formula is C20H31FN6O2.